The molecule has 1 N–H and O–H groups in total. The summed E-state index contributed by atoms with van der Waals surface area (Å²) in [4.78, 5) is 29.1. The van der Waals surface area contributed by atoms with Gasteiger partial charge in [-0.25, -0.2) is 0 Å². The van der Waals surface area contributed by atoms with Crippen LogP contribution in [0.2, 0.25) is 5.02 Å². The number of ether oxygens (including phenoxy) is 1. The Bertz CT molecular complexity index is 1290. The summed E-state index contributed by atoms with van der Waals surface area (Å²) in [6.07, 6.45) is 4.98. The van der Waals surface area contributed by atoms with Crippen molar-refractivity contribution in [3.05, 3.63) is 123 Å². The van der Waals surface area contributed by atoms with Gasteiger partial charge in [-0.2, -0.15) is 0 Å². The summed E-state index contributed by atoms with van der Waals surface area (Å²) in [5, 5.41) is 3.41. The molecular weight excluding hydrogens is 426 g/mol. The molecule has 32 heavy (non-hydrogen) atoms. The van der Waals surface area contributed by atoms with Gasteiger partial charge in [0.2, 0.25) is 0 Å². The molecule has 7 heteroatoms. The molecule has 2 aromatic carbocycles. The maximum Gasteiger partial charge on any atom is 0.257 e. The molecule has 160 valence electrons. The summed E-state index contributed by atoms with van der Waals surface area (Å²) >= 11 is 6.21. The van der Waals surface area contributed by atoms with E-state index in [9.17, 15) is 9.59 Å². The molecule has 0 aliphatic carbocycles. The van der Waals surface area contributed by atoms with E-state index in [-0.39, 0.29) is 18.0 Å². The third-order valence-electron chi connectivity index (χ3n) is 4.76. The summed E-state index contributed by atoms with van der Waals surface area (Å²) in [6.45, 7) is 0.648. The molecule has 0 saturated heterocycles. The van der Waals surface area contributed by atoms with Crippen LogP contribution >= 0.6 is 11.6 Å². The number of carbonyl (C=O) groups is 1. The van der Waals surface area contributed by atoms with Crippen LogP contribution in [0.3, 0.4) is 0 Å². The quantitative estimate of drug-likeness (QED) is 0.444. The van der Waals surface area contributed by atoms with Crippen LogP contribution < -0.4 is 15.6 Å². The van der Waals surface area contributed by atoms with Crippen molar-refractivity contribution in [1.82, 2.24) is 9.55 Å². The first-order valence-electron chi connectivity index (χ1n) is 9.95. The number of hydrogen-bond acceptors (Lipinski definition) is 4. The van der Waals surface area contributed by atoms with Crippen molar-refractivity contribution in [2.45, 2.75) is 13.2 Å². The maximum atomic E-state index is 12.8. The minimum absolute atomic E-state index is 0.215. The zero-order chi connectivity index (χ0) is 22.3. The molecular formula is C25H20ClN3O3. The monoisotopic (exact) mass is 445 g/mol. The van der Waals surface area contributed by atoms with Crippen molar-refractivity contribution in [2.75, 3.05) is 5.32 Å². The van der Waals surface area contributed by atoms with Gasteiger partial charge >= 0.3 is 0 Å². The average molecular weight is 446 g/mol. The zero-order valence-corrected chi connectivity index (χ0v) is 17.8. The second-order valence-electron chi connectivity index (χ2n) is 7.11. The van der Waals surface area contributed by atoms with Crippen molar-refractivity contribution in [3.8, 4) is 5.75 Å². The fourth-order valence-electron chi connectivity index (χ4n) is 3.12. The van der Waals surface area contributed by atoms with Crippen molar-refractivity contribution in [3.63, 3.8) is 0 Å². The number of nitrogens with one attached hydrogen (secondary N) is 1. The highest BCUT2D eigenvalue weighted by Crippen LogP contribution is 2.20. The fourth-order valence-corrected chi connectivity index (χ4v) is 3.31. The van der Waals surface area contributed by atoms with E-state index >= 15 is 0 Å². The zero-order valence-electron chi connectivity index (χ0n) is 17.1. The largest absolute Gasteiger partial charge is 0.489 e. The van der Waals surface area contributed by atoms with Gasteiger partial charge in [0.1, 0.15) is 12.4 Å². The molecule has 0 bridgehead atoms. The van der Waals surface area contributed by atoms with E-state index in [2.05, 4.69) is 10.3 Å². The van der Waals surface area contributed by atoms with Crippen molar-refractivity contribution < 1.29 is 9.53 Å². The summed E-state index contributed by atoms with van der Waals surface area (Å²) in [7, 11) is 0. The lowest BCUT2D eigenvalue weighted by Gasteiger charge is -2.11. The number of pyridine rings is 2. The fraction of sp³-hybridized carbons (Fsp3) is 0.0800. The Labute approximate surface area is 190 Å². The van der Waals surface area contributed by atoms with Crippen LogP contribution in [0.1, 0.15) is 21.5 Å². The topological polar surface area (TPSA) is 73.2 Å². The summed E-state index contributed by atoms with van der Waals surface area (Å²) in [5.41, 5.74) is 2.48. The molecule has 2 heterocycles. The SMILES string of the molecule is O=C(Nc1cccc(OCc2cccnc2)c1)c1ccc(=O)n(Cc2ccccc2Cl)c1. The van der Waals surface area contributed by atoms with Crippen LogP contribution in [-0.2, 0) is 13.2 Å². The molecule has 4 rings (SSSR count). The lowest BCUT2D eigenvalue weighted by atomic mass is 10.2. The molecule has 2 aromatic heterocycles. The second-order valence-corrected chi connectivity index (χ2v) is 7.51. The average Bonchev–Trinajstić information content (AvgIpc) is 2.81. The predicted molar refractivity (Wildman–Crippen MR) is 124 cm³/mol. The van der Waals surface area contributed by atoms with Gasteiger partial charge in [0.15, 0.2) is 0 Å². The van der Waals surface area contributed by atoms with Crippen LogP contribution in [0.25, 0.3) is 0 Å². The van der Waals surface area contributed by atoms with E-state index in [1.807, 2.05) is 36.4 Å². The van der Waals surface area contributed by atoms with Crippen molar-refractivity contribution >= 4 is 23.2 Å². The number of halogens is 1. The first-order chi connectivity index (χ1) is 15.6. The smallest absolute Gasteiger partial charge is 0.257 e. The second kappa shape index (κ2) is 9.94. The standard InChI is InChI=1S/C25H20ClN3O3/c26-23-9-2-1-6-19(23)15-29-16-20(10-11-24(29)30)25(31)28-21-7-3-8-22(13-21)32-17-18-5-4-12-27-14-18/h1-14,16H,15,17H2,(H,28,31). The van der Waals surface area contributed by atoms with Gasteiger partial charge in [-0.05, 0) is 35.9 Å². The van der Waals surface area contributed by atoms with Gasteiger partial charge in [-0.1, -0.05) is 41.9 Å². The van der Waals surface area contributed by atoms with Gasteiger partial charge in [0.05, 0.1) is 12.1 Å². The van der Waals surface area contributed by atoms with Crippen molar-refractivity contribution in [1.29, 1.82) is 0 Å². The Kier molecular flexibility index (Phi) is 6.63. The van der Waals surface area contributed by atoms with E-state index in [1.165, 1.54) is 22.9 Å². The molecule has 4 aromatic rings. The molecule has 0 unspecified atom stereocenters. The first kappa shape index (κ1) is 21.3. The number of aromatic nitrogens is 2. The minimum Gasteiger partial charge on any atom is -0.489 e. The molecule has 0 saturated carbocycles. The Hall–Kier alpha value is -3.90. The Balaban J connectivity index is 1.46. The normalized spacial score (nSPS) is 10.5. The highest BCUT2D eigenvalue weighted by molar-refractivity contribution is 6.31. The number of benzene rings is 2. The molecule has 0 aliphatic rings. The molecule has 0 aliphatic heterocycles. The third kappa shape index (κ3) is 5.42. The lowest BCUT2D eigenvalue weighted by Crippen LogP contribution is -2.22. The van der Waals surface area contributed by atoms with E-state index in [0.29, 0.717) is 28.6 Å². The molecule has 0 spiro atoms. The van der Waals surface area contributed by atoms with Crippen LogP contribution in [0.15, 0.2) is 96.2 Å². The number of hydrogen-bond donors (Lipinski definition) is 1. The summed E-state index contributed by atoms with van der Waals surface area (Å²) in [6, 6.07) is 21.1. The molecule has 6 nitrogen and oxygen atoms in total. The molecule has 0 atom stereocenters. The highest BCUT2D eigenvalue weighted by atomic mass is 35.5. The van der Waals surface area contributed by atoms with E-state index in [1.54, 1.807) is 36.7 Å². The maximum absolute atomic E-state index is 12.8. The Morgan fingerprint density at radius 1 is 1.03 bits per heavy atom. The van der Waals surface area contributed by atoms with Gasteiger partial charge in [-0.3, -0.25) is 14.6 Å². The van der Waals surface area contributed by atoms with Gasteiger partial charge < -0.3 is 14.6 Å². The number of carbonyl (C=O) groups excluding carboxylic acids is 1. The van der Waals surface area contributed by atoms with Crippen LogP contribution in [0, 0.1) is 0 Å². The molecule has 0 fully saturated rings. The Morgan fingerprint density at radius 2 is 1.91 bits per heavy atom. The van der Waals surface area contributed by atoms with Gasteiger partial charge in [-0.15, -0.1) is 0 Å². The van der Waals surface area contributed by atoms with E-state index in [4.69, 9.17) is 16.3 Å². The highest BCUT2D eigenvalue weighted by Gasteiger charge is 2.10. The number of amides is 1. The molecule has 0 radical (unpaired) electrons. The summed E-state index contributed by atoms with van der Waals surface area (Å²) in [5.74, 6) is 0.290. The minimum atomic E-state index is -0.331. The molecule has 1 amide bonds. The van der Waals surface area contributed by atoms with Gasteiger partial charge in [0, 0.05) is 47.0 Å². The van der Waals surface area contributed by atoms with E-state index < -0.39 is 0 Å². The van der Waals surface area contributed by atoms with E-state index in [0.717, 1.165) is 11.1 Å². The number of rotatable bonds is 7. The lowest BCUT2D eigenvalue weighted by molar-refractivity contribution is 0.102. The van der Waals surface area contributed by atoms with Crippen LogP contribution in [-0.4, -0.2) is 15.5 Å². The number of nitrogens with zero attached hydrogens (tertiary/aromatic N) is 2. The van der Waals surface area contributed by atoms with Crippen LogP contribution in [0.5, 0.6) is 5.75 Å². The van der Waals surface area contributed by atoms with Gasteiger partial charge in [0.25, 0.3) is 11.5 Å². The third-order valence-corrected chi connectivity index (χ3v) is 5.13. The Morgan fingerprint density at radius 3 is 2.72 bits per heavy atom. The summed E-state index contributed by atoms with van der Waals surface area (Å²) < 4.78 is 7.25. The van der Waals surface area contributed by atoms with Crippen LogP contribution in [0.4, 0.5) is 5.69 Å². The number of anilines is 1. The van der Waals surface area contributed by atoms with Crippen molar-refractivity contribution in [2.24, 2.45) is 0 Å². The first-order valence-corrected chi connectivity index (χ1v) is 10.3. The predicted octanol–water partition coefficient (Wildman–Crippen LogP) is 4.78.